The number of primary amides is 1. The van der Waals surface area contributed by atoms with Gasteiger partial charge in [-0.25, -0.2) is 9.97 Å². The Morgan fingerprint density at radius 2 is 2.33 bits per heavy atom. The second-order valence-corrected chi connectivity index (χ2v) is 3.06. The molecule has 15 heavy (non-hydrogen) atoms. The van der Waals surface area contributed by atoms with Crippen LogP contribution in [-0.2, 0) is 4.79 Å². The second-order valence-electron chi connectivity index (χ2n) is 2.70. The Bertz CT molecular complexity index is 593. The lowest BCUT2D eigenvalue weighted by Gasteiger charge is -1.90. The minimum absolute atomic E-state index is 0.312. The van der Waals surface area contributed by atoms with Crippen molar-refractivity contribution >= 4 is 28.5 Å². The Morgan fingerprint density at radius 3 is 3.07 bits per heavy atom. The third kappa shape index (κ3) is 1.75. The number of aromatic amines is 1. The van der Waals surface area contributed by atoms with Crippen LogP contribution in [0.1, 0.15) is 5.56 Å². The third-order valence-corrected chi connectivity index (χ3v) is 2.02. The predicted molar refractivity (Wildman–Crippen MR) is 55.0 cm³/mol. The molecular weight excluding hydrogens is 216 g/mol. The van der Waals surface area contributed by atoms with Crippen LogP contribution < -0.4 is 5.73 Å². The normalized spacial score (nSPS) is 9.67. The summed E-state index contributed by atoms with van der Waals surface area (Å²) in [5.41, 5.74) is 6.63. The van der Waals surface area contributed by atoms with E-state index in [-0.39, 0.29) is 0 Å². The largest absolute Gasteiger partial charge is 0.359 e. The van der Waals surface area contributed by atoms with E-state index in [2.05, 4.69) is 26.8 Å². The number of hydrogen-bond donors (Lipinski definition) is 2. The van der Waals surface area contributed by atoms with Gasteiger partial charge < -0.3 is 10.7 Å². The van der Waals surface area contributed by atoms with Gasteiger partial charge in [-0.3, -0.25) is 4.79 Å². The van der Waals surface area contributed by atoms with E-state index in [0.29, 0.717) is 21.7 Å². The Balaban J connectivity index is 2.61. The Kier molecular flexibility index (Phi) is 2.27. The summed E-state index contributed by atoms with van der Waals surface area (Å²) in [5, 5.41) is 0.312. The third-order valence-electron chi connectivity index (χ3n) is 1.74. The Hall–Kier alpha value is -2.06. The lowest BCUT2D eigenvalue weighted by Crippen LogP contribution is -2.06. The van der Waals surface area contributed by atoms with Crippen LogP contribution in [0.5, 0.6) is 0 Å². The monoisotopic (exact) mass is 220 g/mol. The fraction of sp³-hybridized carbons (Fsp3) is 0. The van der Waals surface area contributed by atoms with Gasteiger partial charge in [0.25, 0.3) is 5.91 Å². The number of carbonyl (C=O) groups is 1. The van der Waals surface area contributed by atoms with Crippen molar-refractivity contribution in [2.45, 2.75) is 0 Å². The molecule has 0 bridgehead atoms. The van der Waals surface area contributed by atoms with Gasteiger partial charge in [-0.2, -0.15) is 0 Å². The number of fused-ring (bicyclic) bond motifs is 1. The number of amides is 1. The molecule has 0 aliphatic heterocycles. The van der Waals surface area contributed by atoms with Crippen molar-refractivity contribution in [3.05, 3.63) is 23.2 Å². The highest BCUT2D eigenvalue weighted by molar-refractivity contribution is 6.33. The van der Waals surface area contributed by atoms with Crippen LogP contribution in [-0.4, -0.2) is 20.9 Å². The van der Waals surface area contributed by atoms with Gasteiger partial charge in [-0.15, -0.1) is 0 Å². The van der Waals surface area contributed by atoms with E-state index in [1.54, 1.807) is 6.20 Å². The summed E-state index contributed by atoms with van der Waals surface area (Å²) in [6.07, 6.45) is 2.93. The molecule has 0 atom stereocenters. The Morgan fingerprint density at radius 1 is 1.53 bits per heavy atom. The Labute approximate surface area is 89.7 Å². The number of aromatic nitrogens is 3. The highest BCUT2D eigenvalue weighted by atomic mass is 35.5. The number of nitrogens with zero attached hydrogens (tertiary/aromatic N) is 2. The number of nitrogens with two attached hydrogens (primary N) is 1. The molecule has 0 aromatic carbocycles. The first-order chi connectivity index (χ1) is 7.18. The molecule has 74 valence electrons. The van der Waals surface area contributed by atoms with E-state index in [1.807, 2.05) is 0 Å². The number of hydrogen-bond acceptors (Lipinski definition) is 3. The molecule has 0 aliphatic rings. The lowest BCUT2D eigenvalue weighted by atomic mass is 10.3. The van der Waals surface area contributed by atoms with Crippen LogP contribution >= 0.6 is 11.6 Å². The van der Waals surface area contributed by atoms with Crippen molar-refractivity contribution in [2.75, 3.05) is 0 Å². The van der Waals surface area contributed by atoms with E-state index in [0.717, 1.165) is 0 Å². The SMILES string of the molecule is NC(=O)C#Cc1c[nH]c2c(Cl)ncnc12. The first-order valence-corrected chi connectivity index (χ1v) is 4.35. The highest BCUT2D eigenvalue weighted by Gasteiger charge is 2.06. The van der Waals surface area contributed by atoms with E-state index >= 15 is 0 Å². The van der Waals surface area contributed by atoms with Gasteiger partial charge in [0.15, 0.2) is 5.15 Å². The van der Waals surface area contributed by atoms with E-state index in [1.165, 1.54) is 6.33 Å². The minimum atomic E-state index is -0.690. The van der Waals surface area contributed by atoms with Crippen molar-refractivity contribution in [3.63, 3.8) is 0 Å². The molecule has 2 rings (SSSR count). The van der Waals surface area contributed by atoms with Crippen LogP contribution in [0.25, 0.3) is 11.0 Å². The average Bonchev–Trinajstić information content (AvgIpc) is 2.59. The van der Waals surface area contributed by atoms with Gasteiger partial charge in [0, 0.05) is 12.1 Å². The van der Waals surface area contributed by atoms with E-state index in [4.69, 9.17) is 17.3 Å². The van der Waals surface area contributed by atoms with Crippen LogP contribution in [0.15, 0.2) is 12.5 Å². The fourth-order valence-corrected chi connectivity index (χ4v) is 1.32. The van der Waals surface area contributed by atoms with Crippen molar-refractivity contribution in [1.82, 2.24) is 15.0 Å². The topological polar surface area (TPSA) is 84.7 Å². The van der Waals surface area contributed by atoms with Crippen molar-refractivity contribution in [3.8, 4) is 11.8 Å². The van der Waals surface area contributed by atoms with Crippen molar-refractivity contribution < 1.29 is 4.79 Å². The highest BCUT2D eigenvalue weighted by Crippen LogP contribution is 2.19. The maximum absolute atomic E-state index is 10.5. The molecule has 2 aromatic rings. The molecule has 3 N–H and O–H groups in total. The number of rotatable bonds is 0. The average molecular weight is 221 g/mol. The van der Waals surface area contributed by atoms with Crippen molar-refractivity contribution in [1.29, 1.82) is 0 Å². The summed E-state index contributed by atoms with van der Waals surface area (Å²) >= 11 is 5.81. The molecule has 0 spiro atoms. The maximum Gasteiger partial charge on any atom is 0.293 e. The zero-order chi connectivity index (χ0) is 10.8. The number of halogens is 1. The van der Waals surface area contributed by atoms with Gasteiger partial charge >= 0.3 is 0 Å². The van der Waals surface area contributed by atoms with Crippen LogP contribution in [0.3, 0.4) is 0 Å². The molecule has 0 aliphatic carbocycles. The van der Waals surface area contributed by atoms with Crippen LogP contribution in [0, 0.1) is 11.8 Å². The number of nitrogens with one attached hydrogen (secondary N) is 1. The zero-order valence-corrected chi connectivity index (χ0v) is 8.17. The first-order valence-electron chi connectivity index (χ1n) is 3.97. The fourth-order valence-electron chi connectivity index (χ4n) is 1.13. The summed E-state index contributed by atoms with van der Waals surface area (Å²) < 4.78 is 0. The molecule has 0 fully saturated rings. The van der Waals surface area contributed by atoms with Gasteiger partial charge in [0.1, 0.15) is 17.4 Å². The molecule has 1 amide bonds. The molecule has 0 unspecified atom stereocenters. The van der Waals surface area contributed by atoms with Gasteiger partial charge in [0.2, 0.25) is 0 Å². The minimum Gasteiger partial charge on any atom is -0.359 e. The van der Waals surface area contributed by atoms with Crippen LogP contribution in [0.4, 0.5) is 0 Å². The van der Waals surface area contributed by atoms with Crippen LogP contribution in [0.2, 0.25) is 5.15 Å². The molecule has 0 saturated heterocycles. The smallest absolute Gasteiger partial charge is 0.293 e. The summed E-state index contributed by atoms with van der Waals surface area (Å²) in [6.45, 7) is 0. The van der Waals surface area contributed by atoms with Gasteiger partial charge in [0.05, 0.1) is 5.56 Å². The van der Waals surface area contributed by atoms with Crippen molar-refractivity contribution in [2.24, 2.45) is 5.73 Å². The molecule has 2 heterocycles. The molecule has 0 radical (unpaired) electrons. The van der Waals surface area contributed by atoms with Gasteiger partial charge in [-0.1, -0.05) is 17.5 Å². The molecule has 0 saturated carbocycles. The molecule has 6 heteroatoms. The standard InChI is InChI=1S/C9H5ClN4O/c10-9-8-7(13-4-14-9)5(3-12-8)1-2-6(11)15/h3-4,12H,(H2,11,15). The first kappa shape index (κ1) is 9.49. The molecule has 5 nitrogen and oxygen atoms in total. The zero-order valence-electron chi connectivity index (χ0n) is 7.41. The molecule has 2 aromatic heterocycles. The number of H-pyrrole nitrogens is 1. The van der Waals surface area contributed by atoms with E-state index in [9.17, 15) is 4.79 Å². The second kappa shape index (κ2) is 3.59. The maximum atomic E-state index is 10.5. The summed E-state index contributed by atoms with van der Waals surface area (Å²) in [6, 6.07) is 0. The summed E-state index contributed by atoms with van der Waals surface area (Å²) in [4.78, 5) is 21.1. The summed E-state index contributed by atoms with van der Waals surface area (Å²) in [7, 11) is 0. The molecular formula is C9H5ClN4O. The van der Waals surface area contributed by atoms with E-state index < -0.39 is 5.91 Å². The van der Waals surface area contributed by atoms with Gasteiger partial charge in [-0.05, 0) is 0 Å². The quantitative estimate of drug-likeness (QED) is 0.499. The lowest BCUT2D eigenvalue weighted by molar-refractivity contribution is -0.112. The predicted octanol–water partition coefficient (Wildman–Crippen LogP) is 0.448. The summed E-state index contributed by atoms with van der Waals surface area (Å²) in [5.74, 6) is 4.12. The number of carbonyl (C=O) groups excluding carboxylic acids is 1.